The minimum absolute atomic E-state index is 0.627. The van der Waals surface area contributed by atoms with E-state index in [1.54, 1.807) is 4.98 Å². The number of hydrogen-bond donors (Lipinski definition) is 3. The molecule has 0 atom stereocenters. The largest absolute Gasteiger partial charge is 0.504 e. The van der Waals surface area contributed by atoms with Gasteiger partial charge in [-0.05, 0) is 0 Å². The van der Waals surface area contributed by atoms with E-state index in [0.29, 0.717) is 6.20 Å². The molecule has 0 spiro atoms. The Labute approximate surface area is 66.5 Å². The minimum Gasteiger partial charge on any atom is -0.504 e. The molecule has 3 N–H and O–H groups in total. The number of aromatic amines is 1. The number of H-pyrrole nitrogens is 1. The van der Waals surface area contributed by atoms with E-state index in [-0.39, 0.29) is 0 Å². The quantitative estimate of drug-likeness (QED) is 0.376. The highest BCUT2D eigenvalue weighted by Crippen LogP contribution is 2.14. The standard InChI is InChI=1S/C4H4N2O5S/c7-2-1-5-4(8)6-3(2)12(9,10)11/h1,7H,(H,5,6,8)(H,9,10,11). The first-order valence-electron chi connectivity index (χ1n) is 2.67. The van der Waals surface area contributed by atoms with Crippen molar-refractivity contribution < 1.29 is 18.1 Å². The van der Waals surface area contributed by atoms with Crippen molar-refractivity contribution in [3.63, 3.8) is 0 Å². The van der Waals surface area contributed by atoms with Gasteiger partial charge in [-0.15, -0.1) is 0 Å². The van der Waals surface area contributed by atoms with Crippen molar-refractivity contribution in [2.75, 3.05) is 0 Å². The van der Waals surface area contributed by atoms with Gasteiger partial charge in [0.25, 0.3) is 0 Å². The number of rotatable bonds is 1. The predicted molar refractivity (Wildman–Crippen MR) is 36.3 cm³/mol. The van der Waals surface area contributed by atoms with Gasteiger partial charge in [-0.25, -0.2) is 4.79 Å². The summed E-state index contributed by atoms with van der Waals surface area (Å²) in [6.45, 7) is 0. The molecule has 0 aliphatic carbocycles. The Morgan fingerprint density at radius 1 is 1.50 bits per heavy atom. The third-order valence-electron chi connectivity index (χ3n) is 1.02. The predicted octanol–water partition coefficient (Wildman–Crippen LogP) is -1.28. The van der Waals surface area contributed by atoms with E-state index >= 15 is 0 Å². The molecule has 0 radical (unpaired) electrons. The molecule has 0 aromatic carbocycles. The molecule has 1 heterocycles. The zero-order valence-corrected chi connectivity index (χ0v) is 6.37. The zero-order valence-electron chi connectivity index (χ0n) is 5.55. The first-order valence-corrected chi connectivity index (χ1v) is 4.11. The Hall–Kier alpha value is -1.41. The summed E-state index contributed by atoms with van der Waals surface area (Å²) in [5.74, 6) is -0.808. The third kappa shape index (κ3) is 1.60. The molecule has 0 amide bonds. The van der Waals surface area contributed by atoms with Gasteiger partial charge in [-0.2, -0.15) is 13.4 Å². The van der Waals surface area contributed by atoms with Crippen LogP contribution in [0, 0.1) is 0 Å². The molecule has 12 heavy (non-hydrogen) atoms. The minimum atomic E-state index is -4.60. The maximum Gasteiger partial charge on any atom is 0.346 e. The van der Waals surface area contributed by atoms with Gasteiger partial charge in [0.15, 0.2) is 5.75 Å². The topological polar surface area (TPSA) is 120 Å². The molecule has 7 nitrogen and oxygen atoms in total. The lowest BCUT2D eigenvalue weighted by atomic mass is 10.6. The lowest BCUT2D eigenvalue weighted by Gasteiger charge is -1.97. The number of nitrogens with one attached hydrogen (secondary N) is 1. The highest BCUT2D eigenvalue weighted by molar-refractivity contribution is 7.85. The normalized spacial score (nSPS) is 11.4. The van der Waals surface area contributed by atoms with Gasteiger partial charge in [0.2, 0.25) is 5.03 Å². The van der Waals surface area contributed by atoms with Crippen molar-refractivity contribution in [3.05, 3.63) is 16.7 Å². The Bertz CT molecular complexity index is 447. The van der Waals surface area contributed by atoms with Crippen LogP contribution in [0.4, 0.5) is 0 Å². The number of nitrogens with zero attached hydrogens (tertiary/aromatic N) is 1. The smallest absolute Gasteiger partial charge is 0.346 e. The summed E-state index contributed by atoms with van der Waals surface area (Å²) in [6, 6.07) is 0. The average molecular weight is 192 g/mol. The number of aromatic hydroxyl groups is 1. The molecule has 0 bridgehead atoms. The van der Waals surface area contributed by atoms with Gasteiger partial charge in [0.05, 0.1) is 6.20 Å². The van der Waals surface area contributed by atoms with Crippen molar-refractivity contribution >= 4 is 10.1 Å². The first kappa shape index (κ1) is 8.68. The van der Waals surface area contributed by atoms with E-state index in [4.69, 9.17) is 9.66 Å². The van der Waals surface area contributed by atoms with Gasteiger partial charge in [-0.1, -0.05) is 0 Å². The van der Waals surface area contributed by atoms with Crippen LogP contribution in [-0.2, 0) is 10.1 Å². The lowest BCUT2D eigenvalue weighted by Crippen LogP contribution is -2.14. The van der Waals surface area contributed by atoms with E-state index in [9.17, 15) is 13.2 Å². The zero-order chi connectivity index (χ0) is 9.35. The first-order chi connectivity index (χ1) is 5.41. The van der Waals surface area contributed by atoms with Gasteiger partial charge in [0, 0.05) is 0 Å². The summed E-state index contributed by atoms with van der Waals surface area (Å²) in [5.41, 5.74) is -0.972. The summed E-state index contributed by atoms with van der Waals surface area (Å²) in [7, 11) is -4.60. The summed E-state index contributed by atoms with van der Waals surface area (Å²) >= 11 is 0. The molecular formula is C4H4N2O5S. The molecule has 1 rings (SSSR count). The summed E-state index contributed by atoms with van der Waals surface area (Å²) in [6.07, 6.45) is 0.627. The van der Waals surface area contributed by atoms with Crippen LogP contribution in [0.15, 0.2) is 16.0 Å². The van der Waals surface area contributed by atoms with E-state index in [2.05, 4.69) is 4.98 Å². The Balaban J connectivity index is 3.54. The fourth-order valence-electron chi connectivity index (χ4n) is 0.568. The van der Waals surface area contributed by atoms with Crippen LogP contribution in [0.5, 0.6) is 5.75 Å². The summed E-state index contributed by atoms with van der Waals surface area (Å²) < 4.78 is 29.2. The molecule has 0 saturated carbocycles. The van der Waals surface area contributed by atoms with Crippen molar-refractivity contribution in [2.24, 2.45) is 0 Å². The van der Waals surface area contributed by atoms with Crippen LogP contribution < -0.4 is 5.69 Å². The van der Waals surface area contributed by atoms with E-state index in [0.717, 1.165) is 0 Å². The van der Waals surface area contributed by atoms with Gasteiger partial charge in [0.1, 0.15) is 0 Å². The van der Waals surface area contributed by atoms with E-state index < -0.39 is 26.6 Å². The molecule has 0 fully saturated rings. The van der Waals surface area contributed by atoms with Crippen molar-refractivity contribution in [1.29, 1.82) is 0 Å². The van der Waals surface area contributed by atoms with E-state index in [1.165, 1.54) is 0 Å². The summed E-state index contributed by atoms with van der Waals surface area (Å²) in [4.78, 5) is 15.1. The molecule has 8 heteroatoms. The average Bonchev–Trinajstić information content (AvgIpc) is 1.92. The van der Waals surface area contributed by atoms with Crippen LogP contribution in [0.2, 0.25) is 0 Å². The fraction of sp³-hybridized carbons (Fsp3) is 0. The van der Waals surface area contributed by atoms with Crippen molar-refractivity contribution in [3.8, 4) is 5.75 Å². The molecule has 1 aromatic heterocycles. The van der Waals surface area contributed by atoms with Crippen molar-refractivity contribution in [1.82, 2.24) is 9.97 Å². The second-order valence-electron chi connectivity index (χ2n) is 1.88. The highest BCUT2D eigenvalue weighted by Gasteiger charge is 2.16. The molecule has 0 unspecified atom stereocenters. The third-order valence-corrected chi connectivity index (χ3v) is 1.84. The lowest BCUT2D eigenvalue weighted by molar-refractivity contribution is 0.430. The maximum absolute atomic E-state index is 10.4. The molecular weight excluding hydrogens is 188 g/mol. The van der Waals surface area contributed by atoms with Crippen LogP contribution in [0.25, 0.3) is 0 Å². The molecule has 1 aromatic rings. The second-order valence-corrected chi connectivity index (χ2v) is 3.24. The molecule has 0 aliphatic rings. The number of hydrogen-bond acceptors (Lipinski definition) is 5. The SMILES string of the molecule is O=c1ncc(O)c(S(=O)(=O)O)[nH]1. The Morgan fingerprint density at radius 3 is 2.50 bits per heavy atom. The van der Waals surface area contributed by atoms with Crippen LogP contribution in [-0.4, -0.2) is 28.0 Å². The van der Waals surface area contributed by atoms with Gasteiger partial charge < -0.3 is 5.11 Å². The van der Waals surface area contributed by atoms with Crippen LogP contribution >= 0.6 is 0 Å². The summed E-state index contributed by atoms with van der Waals surface area (Å²) in [5, 5.41) is 7.84. The fourth-order valence-corrected chi connectivity index (χ4v) is 1.10. The van der Waals surface area contributed by atoms with Gasteiger partial charge in [-0.3, -0.25) is 9.54 Å². The van der Waals surface area contributed by atoms with Crippen LogP contribution in [0.3, 0.4) is 0 Å². The number of aromatic nitrogens is 2. The molecule has 0 saturated heterocycles. The van der Waals surface area contributed by atoms with Crippen LogP contribution in [0.1, 0.15) is 0 Å². The van der Waals surface area contributed by atoms with E-state index in [1.807, 2.05) is 0 Å². The molecule has 66 valence electrons. The second kappa shape index (κ2) is 2.57. The van der Waals surface area contributed by atoms with Gasteiger partial charge >= 0.3 is 15.8 Å². The maximum atomic E-state index is 10.4. The monoisotopic (exact) mass is 192 g/mol. The highest BCUT2D eigenvalue weighted by atomic mass is 32.2. The Kier molecular flexibility index (Phi) is 1.86. The molecule has 0 aliphatic heterocycles. The Morgan fingerprint density at radius 2 is 2.08 bits per heavy atom. The van der Waals surface area contributed by atoms with Crippen molar-refractivity contribution in [2.45, 2.75) is 5.03 Å².